The molecule has 17 heavy (non-hydrogen) atoms. The van der Waals surface area contributed by atoms with Gasteiger partial charge in [-0.25, -0.2) is 0 Å². The van der Waals surface area contributed by atoms with E-state index in [0.717, 1.165) is 39.0 Å². The summed E-state index contributed by atoms with van der Waals surface area (Å²) in [6.45, 7) is 4.15. The van der Waals surface area contributed by atoms with Crippen LogP contribution in [0, 0.1) is 5.92 Å². The van der Waals surface area contributed by atoms with Crippen molar-refractivity contribution in [3.63, 3.8) is 0 Å². The molecule has 5 heteroatoms. The largest absolute Gasteiger partial charge is 0.342 e. The highest BCUT2D eigenvalue weighted by Gasteiger charge is 2.28. The molecule has 0 unspecified atom stereocenters. The number of carbonyl (C=O) groups is 1. The Morgan fingerprint density at radius 3 is 3.06 bits per heavy atom. The molecule has 0 aliphatic carbocycles. The molecule has 1 fully saturated rings. The quantitative estimate of drug-likeness (QED) is 0.756. The predicted octanol–water partition coefficient (Wildman–Crippen LogP) is 0.225. The lowest BCUT2D eigenvalue weighted by atomic mass is 10.1. The van der Waals surface area contributed by atoms with Crippen LogP contribution in [0.2, 0.25) is 0 Å². The number of hydrogen-bond donors (Lipinski definition) is 1. The maximum Gasteiger partial charge on any atom is 0.228 e. The molecule has 1 amide bonds. The molecule has 2 aliphatic heterocycles. The lowest BCUT2D eigenvalue weighted by Gasteiger charge is -2.22. The third-order valence-corrected chi connectivity index (χ3v) is 3.66. The molecule has 0 radical (unpaired) electrons. The SMILES string of the molecule is O=C([C@H]1CNCc2ccnn2C1)N1CCCC1. The third-order valence-electron chi connectivity index (χ3n) is 3.66. The smallest absolute Gasteiger partial charge is 0.228 e. The lowest BCUT2D eigenvalue weighted by Crippen LogP contribution is -2.39. The highest BCUT2D eigenvalue weighted by molar-refractivity contribution is 5.79. The van der Waals surface area contributed by atoms with E-state index in [1.54, 1.807) is 6.20 Å². The molecule has 1 N–H and O–H groups in total. The Morgan fingerprint density at radius 1 is 1.41 bits per heavy atom. The van der Waals surface area contributed by atoms with E-state index >= 15 is 0 Å². The van der Waals surface area contributed by atoms with Crippen LogP contribution in [0.15, 0.2) is 12.3 Å². The van der Waals surface area contributed by atoms with Gasteiger partial charge in [-0.15, -0.1) is 0 Å². The van der Waals surface area contributed by atoms with Gasteiger partial charge in [-0.2, -0.15) is 5.10 Å². The summed E-state index contributed by atoms with van der Waals surface area (Å²) >= 11 is 0. The number of hydrogen-bond acceptors (Lipinski definition) is 3. The maximum atomic E-state index is 12.3. The molecular weight excluding hydrogens is 216 g/mol. The summed E-state index contributed by atoms with van der Waals surface area (Å²) < 4.78 is 1.96. The van der Waals surface area contributed by atoms with E-state index in [-0.39, 0.29) is 5.92 Å². The molecule has 1 saturated heterocycles. The summed E-state index contributed by atoms with van der Waals surface area (Å²) in [4.78, 5) is 14.3. The highest BCUT2D eigenvalue weighted by atomic mass is 16.2. The number of aromatic nitrogens is 2. The van der Waals surface area contributed by atoms with Gasteiger partial charge in [-0.1, -0.05) is 0 Å². The topological polar surface area (TPSA) is 50.2 Å². The van der Waals surface area contributed by atoms with Gasteiger partial charge >= 0.3 is 0 Å². The first-order valence-electron chi connectivity index (χ1n) is 6.35. The summed E-state index contributed by atoms with van der Waals surface area (Å²) in [7, 11) is 0. The fourth-order valence-corrected chi connectivity index (χ4v) is 2.68. The minimum Gasteiger partial charge on any atom is -0.342 e. The van der Waals surface area contributed by atoms with Crippen LogP contribution in [0.1, 0.15) is 18.5 Å². The zero-order chi connectivity index (χ0) is 11.7. The molecule has 3 heterocycles. The minimum atomic E-state index is 0.0363. The molecule has 0 saturated carbocycles. The standard InChI is InChI=1S/C12H18N4O/c17-12(15-5-1-2-6-15)10-7-13-8-11-3-4-14-16(11)9-10/h3-4,10,13H,1-2,5-9H2/t10-/m0/s1. The first kappa shape index (κ1) is 10.8. The molecule has 1 aromatic rings. The van der Waals surface area contributed by atoms with Crippen molar-refractivity contribution in [2.45, 2.75) is 25.9 Å². The molecular formula is C12H18N4O. The molecule has 0 spiro atoms. The van der Waals surface area contributed by atoms with Crippen LogP contribution in [-0.4, -0.2) is 40.2 Å². The molecule has 1 aromatic heterocycles. The monoisotopic (exact) mass is 234 g/mol. The summed E-state index contributed by atoms with van der Waals surface area (Å²) in [5.74, 6) is 0.326. The number of rotatable bonds is 1. The molecule has 0 bridgehead atoms. The van der Waals surface area contributed by atoms with Gasteiger partial charge in [-0.3, -0.25) is 9.48 Å². The zero-order valence-corrected chi connectivity index (χ0v) is 9.93. The third kappa shape index (κ3) is 2.07. The molecule has 92 valence electrons. The Hall–Kier alpha value is -1.36. The Morgan fingerprint density at radius 2 is 2.24 bits per heavy atom. The molecule has 2 aliphatic rings. The lowest BCUT2D eigenvalue weighted by molar-refractivity contribution is -0.134. The van der Waals surface area contributed by atoms with Crippen molar-refractivity contribution >= 4 is 5.91 Å². The van der Waals surface area contributed by atoms with E-state index in [0.29, 0.717) is 12.5 Å². The van der Waals surface area contributed by atoms with Crippen LogP contribution in [-0.2, 0) is 17.9 Å². The molecule has 3 rings (SSSR count). The second-order valence-electron chi connectivity index (χ2n) is 4.86. The maximum absolute atomic E-state index is 12.3. The Bertz CT molecular complexity index is 408. The summed E-state index contributed by atoms with van der Waals surface area (Å²) in [6.07, 6.45) is 4.11. The van der Waals surface area contributed by atoms with E-state index in [9.17, 15) is 4.79 Å². The van der Waals surface area contributed by atoms with E-state index in [2.05, 4.69) is 10.4 Å². The Balaban J connectivity index is 1.73. The average Bonchev–Trinajstić information content (AvgIpc) is 2.96. The van der Waals surface area contributed by atoms with Crippen LogP contribution in [0.5, 0.6) is 0 Å². The van der Waals surface area contributed by atoms with Crippen molar-refractivity contribution in [1.82, 2.24) is 20.0 Å². The fraction of sp³-hybridized carbons (Fsp3) is 0.667. The number of nitrogens with zero attached hydrogens (tertiary/aromatic N) is 3. The zero-order valence-electron chi connectivity index (χ0n) is 9.93. The normalized spacial score (nSPS) is 24.5. The number of carbonyl (C=O) groups excluding carboxylic acids is 1. The van der Waals surface area contributed by atoms with Crippen molar-refractivity contribution in [3.05, 3.63) is 18.0 Å². The Labute approximate surface area is 101 Å². The molecule has 1 atom stereocenters. The van der Waals surface area contributed by atoms with Crippen molar-refractivity contribution in [2.75, 3.05) is 19.6 Å². The summed E-state index contributed by atoms with van der Waals surface area (Å²) in [5.41, 5.74) is 1.17. The van der Waals surface area contributed by atoms with Crippen LogP contribution in [0.25, 0.3) is 0 Å². The van der Waals surface area contributed by atoms with E-state index in [1.165, 1.54) is 5.69 Å². The first-order chi connectivity index (χ1) is 8.34. The summed E-state index contributed by atoms with van der Waals surface area (Å²) in [6, 6.07) is 2.01. The fourth-order valence-electron chi connectivity index (χ4n) is 2.68. The molecule has 5 nitrogen and oxygen atoms in total. The van der Waals surface area contributed by atoms with Gasteiger partial charge in [-0.05, 0) is 18.9 Å². The highest BCUT2D eigenvalue weighted by Crippen LogP contribution is 2.16. The van der Waals surface area contributed by atoms with Gasteiger partial charge in [0, 0.05) is 32.4 Å². The van der Waals surface area contributed by atoms with E-state index < -0.39 is 0 Å². The van der Waals surface area contributed by atoms with Crippen molar-refractivity contribution in [1.29, 1.82) is 0 Å². The van der Waals surface area contributed by atoms with Gasteiger partial charge in [0.2, 0.25) is 5.91 Å². The van der Waals surface area contributed by atoms with Crippen LogP contribution >= 0.6 is 0 Å². The van der Waals surface area contributed by atoms with Crippen LogP contribution < -0.4 is 5.32 Å². The predicted molar refractivity (Wildman–Crippen MR) is 63.2 cm³/mol. The summed E-state index contributed by atoms with van der Waals surface area (Å²) in [5, 5.41) is 7.62. The Kier molecular flexibility index (Phi) is 2.84. The van der Waals surface area contributed by atoms with Gasteiger partial charge in [0.05, 0.1) is 18.2 Å². The average molecular weight is 234 g/mol. The van der Waals surface area contributed by atoms with Crippen molar-refractivity contribution < 1.29 is 4.79 Å². The van der Waals surface area contributed by atoms with Crippen molar-refractivity contribution in [2.24, 2.45) is 5.92 Å². The minimum absolute atomic E-state index is 0.0363. The number of nitrogens with one attached hydrogen (secondary N) is 1. The second-order valence-corrected chi connectivity index (χ2v) is 4.86. The number of fused-ring (bicyclic) bond motifs is 1. The molecule has 0 aromatic carbocycles. The second kappa shape index (κ2) is 4.49. The van der Waals surface area contributed by atoms with Crippen molar-refractivity contribution in [3.8, 4) is 0 Å². The van der Waals surface area contributed by atoms with Crippen LogP contribution in [0.3, 0.4) is 0 Å². The van der Waals surface area contributed by atoms with Gasteiger partial charge in [0.1, 0.15) is 0 Å². The van der Waals surface area contributed by atoms with Gasteiger partial charge < -0.3 is 10.2 Å². The van der Waals surface area contributed by atoms with E-state index in [4.69, 9.17) is 0 Å². The number of amides is 1. The first-order valence-corrected chi connectivity index (χ1v) is 6.35. The van der Waals surface area contributed by atoms with E-state index in [1.807, 2.05) is 15.6 Å². The van der Waals surface area contributed by atoms with Gasteiger partial charge in [0.25, 0.3) is 0 Å². The number of likely N-dealkylation sites (tertiary alicyclic amines) is 1. The van der Waals surface area contributed by atoms with Crippen LogP contribution in [0.4, 0.5) is 0 Å². The van der Waals surface area contributed by atoms with Gasteiger partial charge in [0.15, 0.2) is 0 Å².